The molecule has 0 aromatic carbocycles. The monoisotopic (exact) mass is 269 g/mol. The number of halogens is 3. The first-order valence-corrected chi connectivity index (χ1v) is 5.60. The number of thiol groups is 1. The molecule has 1 fully saturated rings. The molecule has 88 valence electrons. The topological polar surface area (TPSA) is 46.1 Å². The van der Waals surface area contributed by atoms with E-state index in [-0.39, 0.29) is 29.3 Å². The van der Waals surface area contributed by atoms with Gasteiger partial charge in [-0.25, -0.2) is 0 Å². The minimum absolute atomic E-state index is 0.0196. The normalized spacial score (nSPS) is 21.9. The van der Waals surface area contributed by atoms with Crippen LogP contribution in [0.15, 0.2) is 0 Å². The number of carbonyl (C=O) groups excluding carboxylic acids is 1. The van der Waals surface area contributed by atoms with Gasteiger partial charge in [-0.3, -0.25) is 9.69 Å². The standard InChI is InChI=1S/C7H6F3N3OS2/c8-7(9,10)5-11-12-6(16-5)13-2-3(15)1-4(13)14/h3,15H,1-2H2. The van der Waals surface area contributed by atoms with Crippen LogP contribution in [0.4, 0.5) is 18.3 Å². The zero-order valence-electron chi connectivity index (χ0n) is 7.73. The number of alkyl halides is 3. The van der Waals surface area contributed by atoms with Crippen molar-refractivity contribution in [1.29, 1.82) is 0 Å². The van der Waals surface area contributed by atoms with Gasteiger partial charge >= 0.3 is 6.18 Å². The molecule has 1 atom stereocenters. The maximum Gasteiger partial charge on any atom is 0.445 e. The van der Waals surface area contributed by atoms with E-state index < -0.39 is 11.2 Å². The molecule has 0 spiro atoms. The number of carbonyl (C=O) groups is 1. The summed E-state index contributed by atoms with van der Waals surface area (Å²) in [6, 6.07) is 0. The van der Waals surface area contributed by atoms with Crippen LogP contribution in [0.1, 0.15) is 11.4 Å². The lowest BCUT2D eigenvalue weighted by Crippen LogP contribution is -2.24. The van der Waals surface area contributed by atoms with Crippen LogP contribution in [0, 0.1) is 0 Å². The quantitative estimate of drug-likeness (QED) is 0.788. The van der Waals surface area contributed by atoms with Gasteiger partial charge in [-0.15, -0.1) is 10.2 Å². The second-order valence-electron chi connectivity index (χ2n) is 3.25. The van der Waals surface area contributed by atoms with Crippen LogP contribution in [0.3, 0.4) is 0 Å². The summed E-state index contributed by atoms with van der Waals surface area (Å²) < 4.78 is 36.8. The third-order valence-corrected chi connectivity index (χ3v) is 3.33. The van der Waals surface area contributed by atoms with Gasteiger partial charge < -0.3 is 0 Å². The third kappa shape index (κ3) is 2.14. The minimum Gasteiger partial charge on any atom is -0.286 e. The van der Waals surface area contributed by atoms with E-state index in [1.165, 1.54) is 4.90 Å². The maximum absolute atomic E-state index is 12.3. The van der Waals surface area contributed by atoms with E-state index in [9.17, 15) is 18.0 Å². The van der Waals surface area contributed by atoms with Crippen molar-refractivity contribution in [3.05, 3.63) is 5.01 Å². The Bertz CT molecular complexity index is 419. The van der Waals surface area contributed by atoms with Crippen molar-refractivity contribution in [2.75, 3.05) is 11.4 Å². The van der Waals surface area contributed by atoms with Crippen molar-refractivity contribution >= 4 is 35.0 Å². The van der Waals surface area contributed by atoms with Crippen LogP contribution < -0.4 is 4.90 Å². The highest BCUT2D eigenvalue weighted by atomic mass is 32.1. The summed E-state index contributed by atoms with van der Waals surface area (Å²) in [5.41, 5.74) is 0. The molecule has 1 aromatic rings. The summed E-state index contributed by atoms with van der Waals surface area (Å²) in [6.07, 6.45) is -4.30. The highest BCUT2D eigenvalue weighted by Crippen LogP contribution is 2.35. The number of amides is 1. The van der Waals surface area contributed by atoms with Gasteiger partial charge in [0, 0.05) is 18.2 Å². The van der Waals surface area contributed by atoms with E-state index in [0.717, 1.165) is 0 Å². The highest BCUT2D eigenvalue weighted by Gasteiger charge is 2.38. The SMILES string of the molecule is O=C1CC(S)CN1c1nnc(C(F)(F)F)s1. The van der Waals surface area contributed by atoms with E-state index in [2.05, 4.69) is 22.8 Å². The summed E-state index contributed by atoms with van der Waals surface area (Å²) in [4.78, 5) is 12.6. The number of hydrogen-bond donors (Lipinski definition) is 1. The van der Waals surface area contributed by atoms with Gasteiger partial charge in [0.15, 0.2) is 0 Å². The van der Waals surface area contributed by atoms with Crippen molar-refractivity contribution < 1.29 is 18.0 Å². The number of anilines is 1. The lowest BCUT2D eigenvalue weighted by molar-refractivity contribution is -0.138. The molecule has 9 heteroatoms. The van der Waals surface area contributed by atoms with Gasteiger partial charge in [0.05, 0.1) is 0 Å². The van der Waals surface area contributed by atoms with Crippen LogP contribution >= 0.6 is 24.0 Å². The Labute approximate surface area is 97.9 Å². The summed E-state index contributed by atoms with van der Waals surface area (Å²) in [6.45, 7) is 0.272. The van der Waals surface area contributed by atoms with Gasteiger partial charge in [0.1, 0.15) is 0 Å². The molecule has 2 heterocycles. The Hall–Kier alpha value is -0.830. The largest absolute Gasteiger partial charge is 0.445 e. The molecule has 1 aliphatic heterocycles. The number of nitrogens with zero attached hydrogens (tertiary/aromatic N) is 3. The Morgan fingerprint density at radius 2 is 2.12 bits per heavy atom. The molecule has 1 saturated heterocycles. The molecule has 1 amide bonds. The van der Waals surface area contributed by atoms with Crippen molar-refractivity contribution in [2.24, 2.45) is 0 Å². The van der Waals surface area contributed by atoms with Crippen molar-refractivity contribution in [3.8, 4) is 0 Å². The average molecular weight is 269 g/mol. The Morgan fingerprint density at radius 1 is 1.44 bits per heavy atom. The molecular weight excluding hydrogens is 263 g/mol. The second kappa shape index (κ2) is 3.88. The van der Waals surface area contributed by atoms with Gasteiger partial charge in [-0.05, 0) is 0 Å². The fourth-order valence-electron chi connectivity index (χ4n) is 1.31. The second-order valence-corrected chi connectivity index (χ2v) is 4.94. The molecule has 1 aromatic heterocycles. The molecule has 0 saturated carbocycles. The van der Waals surface area contributed by atoms with Crippen LogP contribution in [0.25, 0.3) is 0 Å². The minimum atomic E-state index is -4.51. The molecule has 1 aliphatic rings. The van der Waals surface area contributed by atoms with E-state index in [4.69, 9.17) is 0 Å². The molecule has 0 radical (unpaired) electrons. The predicted octanol–water partition coefficient (Wildman–Crippen LogP) is 1.59. The molecular formula is C7H6F3N3OS2. The zero-order valence-corrected chi connectivity index (χ0v) is 9.44. The lowest BCUT2D eigenvalue weighted by Gasteiger charge is -2.09. The van der Waals surface area contributed by atoms with Gasteiger partial charge in [-0.1, -0.05) is 11.3 Å². The van der Waals surface area contributed by atoms with Crippen LogP contribution in [-0.4, -0.2) is 27.9 Å². The number of aromatic nitrogens is 2. The molecule has 0 aliphatic carbocycles. The zero-order chi connectivity index (χ0) is 11.9. The van der Waals surface area contributed by atoms with Gasteiger partial charge in [0.25, 0.3) is 0 Å². The molecule has 2 rings (SSSR count). The van der Waals surface area contributed by atoms with Gasteiger partial charge in [-0.2, -0.15) is 25.8 Å². The van der Waals surface area contributed by atoms with Crippen molar-refractivity contribution in [2.45, 2.75) is 17.8 Å². The first-order valence-electron chi connectivity index (χ1n) is 4.27. The fraction of sp³-hybridized carbons (Fsp3) is 0.571. The van der Waals surface area contributed by atoms with Crippen LogP contribution in [-0.2, 0) is 11.0 Å². The summed E-state index contributed by atoms with van der Waals surface area (Å²) in [5.74, 6) is -0.273. The first-order chi connectivity index (χ1) is 7.38. The molecule has 0 N–H and O–H groups in total. The highest BCUT2D eigenvalue weighted by molar-refractivity contribution is 7.81. The summed E-state index contributed by atoms with van der Waals surface area (Å²) in [5, 5.41) is 5.16. The van der Waals surface area contributed by atoms with E-state index in [1.54, 1.807) is 0 Å². The van der Waals surface area contributed by atoms with Crippen LogP contribution in [0.2, 0.25) is 0 Å². The Morgan fingerprint density at radius 3 is 2.56 bits per heavy atom. The maximum atomic E-state index is 12.3. The molecule has 16 heavy (non-hydrogen) atoms. The summed E-state index contributed by atoms with van der Waals surface area (Å²) in [7, 11) is 0. The van der Waals surface area contributed by atoms with E-state index >= 15 is 0 Å². The van der Waals surface area contributed by atoms with Crippen LogP contribution in [0.5, 0.6) is 0 Å². The molecule has 4 nitrogen and oxygen atoms in total. The Kier molecular flexibility index (Phi) is 2.82. The molecule has 0 bridgehead atoms. The number of hydrogen-bond acceptors (Lipinski definition) is 5. The number of rotatable bonds is 1. The van der Waals surface area contributed by atoms with E-state index in [1.807, 2.05) is 0 Å². The lowest BCUT2D eigenvalue weighted by atomic mass is 10.4. The molecule has 1 unspecified atom stereocenters. The Balaban J connectivity index is 2.23. The average Bonchev–Trinajstić information content (AvgIpc) is 2.70. The van der Waals surface area contributed by atoms with Gasteiger partial charge in [0.2, 0.25) is 16.0 Å². The third-order valence-electron chi connectivity index (χ3n) is 1.99. The smallest absolute Gasteiger partial charge is 0.286 e. The van der Waals surface area contributed by atoms with E-state index in [0.29, 0.717) is 11.3 Å². The van der Waals surface area contributed by atoms with Crippen molar-refractivity contribution in [3.63, 3.8) is 0 Å². The predicted molar refractivity (Wildman–Crippen MR) is 54.7 cm³/mol. The summed E-state index contributed by atoms with van der Waals surface area (Å²) >= 11 is 4.46. The van der Waals surface area contributed by atoms with Crippen molar-refractivity contribution in [1.82, 2.24) is 10.2 Å². The fourth-order valence-corrected chi connectivity index (χ4v) is 2.37. The first kappa shape index (κ1) is 11.6.